The molecule has 30 heavy (non-hydrogen) atoms. The normalized spacial score (nSPS) is 25.9. The van der Waals surface area contributed by atoms with E-state index in [0.29, 0.717) is 6.42 Å². The fourth-order valence-corrected chi connectivity index (χ4v) is 3.76. The second-order valence-electron chi connectivity index (χ2n) is 6.48. The van der Waals surface area contributed by atoms with E-state index in [2.05, 4.69) is 15.0 Å². The first-order chi connectivity index (χ1) is 13.8. The molecule has 0 spiro atoms. The Kier molecular flexibility index (Phi) is 8.07. The second-order valence-corrected chi connectivity index (χ2v) is 7.94. The molecule has 0 saturated carbocycles. The Hall–Kier alpha value is -1.90. The van der Waals surface area contributed by atoms with Gasteiger partial charge in [0.1, 0.15) is 18.3 Å². The maximum absolute atomic E-state index is 12.0. The first kappa shape index (κ1) is 24.4. The van der Waals surface area contributed by atoms with Crippen molar-refractivity contribution < 1.29 is 33.1 Å². The number of aromatic amines is 1. The van der Waals surface area contributed by atoms with Gasteiger partial charge in [0.05, 0.1) is 19.5 Å². The molecular weight excluding hydrogens is 423 g/mol. The number of aliphatic hydroxyl groups is 1. The molecule has 3 rings (SSSR count). The summed E-state index contributed by atoms with van der Waals surface area (Å²) in [5.41, 5.74) is 5.25. The Morgan fingerprint density at radius 3 is 2.83 bits per heavy atom. The van der Waals surface area contributed by atoms with E-state index in [4.69, 9.17) is 24.3 Å². The Bertz CT molecular complexity index is 951. The van der Waals surface area contributed by atoms with Crippen LogP contribution in [-0.2, 0) is 23.1 Å². The molecule has 1 fully saturated rings. The molecule has 1 aliphatic heterocycles. The maximum Gasteiger partial charge on any atom is 0.472 e. The summed E-state index contributed by atoms with van der Waals surface area (Å²) in [5, 5.41) is 10.5. The molecule has 15 heteroatoms. The van der Waals surface area contributed by atoms with Crippen LogP contribution in [0, 0.1) is 0 Å². The summed E-state index contributed by atoms with van der Waals surface area (Å²) in [6.07, 6.45) is -1.31. The Balaban J connectivity index is 0.00000320. The van der Waals surface area contributed by atoms with Gasteiger partial charge in [0, 0.05) is 7.11 Å². The molecule has 5 atom stereocenters. The fourth-order valence-electron chi connectivity index (χ4n) is 2.99. The number of H-pyrrole nitrogens is 1. The van der Waals surface area contributed by atoms with Crippen LogP contribution in [0.1, 0.15) is 26.0 Å². The molecular formula is C15H27N6O8P. The van der Waals surface area contributed by atoms with Crippen LogP contribution in [0.4, 0.5) is 5.95 Å². The molecule has 8 N–H and O–H groups in total. The lowest BCUT2D eigenvalue weighted by atomic mass is 10.1. The van der Waals surface area contributed by atoms with Gasteiger partial charge in [0.15, 0.2) is 17.4 Å². The summed E-state index contributed by atoms with van der Waals surface area (Å²) in [7, 11) is -2.92. The van der Waals surface area contributed by atoms with Crippen molar-refractivity contribution in [3.05, 3.63) is 16.7 Å². The average Bonchev–Trinajstić information content (AvgIpc) is 3.21. The number of fused-ring (bicyclic) bond motifs is 1. The molecule has 0 bridgehead atoms. The molecule has 14 nitrogen and oxygen atoms in total. The van der Waals surface area contributed by atoms with Crippen LogP contribution in [0.25, 0.3) is 11.2 Å². The van der Waals surface area contributed by atoms with Gasteiger partial charge in [0.25, 0.3) is 5.56 Å². The highest BCUT2D eigenvalue weighted by molar-refractivity contribution is 7.47. The largest absolute Gasteiger partial charge is 0.472 e. The van der Waals surface area contributed by atoms with Gasteiger partial charge < -0.3 is 31.4 Å². The zero-order valence-electron chi connectivity index (χ0n) is 16.6. The molecule has 1 saturated heterocycles. The zero-order valence-corrected chi connectivity index (χ0v) is 17.5. The topological polar surface area (TPSA) is 219 Å². The standard InChI is InChI=1S/C15H24N5O8P.H3N/c1-3-4-5-26-29(23,24)27-6-8-10(21)11(25-2)14(28-8)20-7-17-9-12(20)18-15(16)19-13(9)22;/h7-8,10-11,14,21H,3-6H2,1-2H3,(H,23,24)(H3,16,18,19,22);1H3/t8-,10-,11-,14-;/m1./s1. The number of unbranched alkanes of at least 4 members (excludes halogenated alkanes) is 1. The maximum atomic E-state index is 12.0. The summed E-state index contributed by atoms with van der Waals surface area (Å²) in [4.78, 5) is 32.1. The monoisotopic (exact) mass is 450 g/mol. The molecule has 0 amide bonds. The van der Waals surface area contributed by atoms with Crippen molar-refractivity contribution >= 4 is 24.9 Å². The van der Waals surface area contributed by atoms with Crippen molar-refractivity contribution in [2.75, 3.05) is 26.1 Å². The Morgan fingerprint density at radius 1 is 1.43 bits per heavy atom. The number of nitrogen functional groups attached to an aromatic ring is 1. The van der Waals surface area contributed by atoms with Crippen LogP contribution in [0.3, 0.4) is 0 Å². The van der Waals surface area contributed by atoms with Crippen molar-refractivity contribution in [3.8, 4) is 0 Å². The highest BCUT2D eigenvalue weighted by atomic mass is 31.2. The van der Waals surface area contributed by atoms with Gasteiger partial charge in [-0.05, 0) is 6.42 Å². The van der Waals surface area contributed by atoms with Crippen molar-refractivity contribution in [2.24, 2.45) is 0 Å². The van der Waals surface area contributed by atoms with Crippen LogP contribution >= 0.6 is 7.82 Å². The number of ether oxygens (including phenoxy) is 2. The van der Waals surface area contributed by atoms with Crippen LogP contribution in [0.15, 0.2) is 11.1 Å². The predicted octanol–water partition coefficient (Wildman–Crippen LogP) is 0.0708. The lowest BCUT2D eigenvalue weighted by molar-refractivity contribution is -0.0584. The Labute approximate surface area is 171 Å². The third kappa shape index (κ3) is 5.04. The molecule has 3 heterocycles. The average molecular weight is 450 g/mol. The zero-order chi connectivity index (χ0) is 21.2. The van der Waals surface area contributed by atoms with E-state index in [-0.39, 0.29) is 29.9 Å². The summed E-state index contributed by atoms with van der Waals surface area (Å²) in [6.45, 7) is 1.57. The van der Waals surface area contributed by atoms with E-state index in [1.807, 2.05) is 6.92 Å². The van der Waals surface area contributed by atoms with E-state index in [1.54, 1.807) is 0 Å². The summed E-state index contributed by atoms with van der Waals surface area (Å²) in [6, 6.07) is 0. The van der Waals surface area contributed by atoms with E-state index >= 15 is 0 Å². The highest BCUT2D eigenvalue weighted by Crippen LogP contribution is 2.44. The smallest absolute Gasteiger partial charge is 0.387 e. The molecule has 0 aromatic carbocycles. The van der Waals surface area contributed by atoms with E-state index in [9.17, 15) is 19.4 Å². The van der Waals surface area contributed by atoms with E-state index in [1.165, 1.54) is 18.0 Å². The summed E-state index contributed by atoms with van der Waals surface area (Å²) in [5.74, 6) is -0.109. The molecule has 2 aromatic rings. The first-order valence-electron chi connectivity index (χ1n) is 8.98. The second kappa shape index (κ2) is 9.94. The van der Waals surface area contributed by atoms with E-state index < -0.39 is 44.5 Å². The van der Waals surface area contributed by atoms with Crippen LogP contribution in [-0.4, -0.2) is 68.2 Å². The minimum atomic E-state index is -4.29. The van der Waals surface area contributed by atoms with E-state index in [0.717, 1.165) is 6.42 Å². The van der Waals surface area contributed by atoms with Gasteiger partial charge in [-0.2, -0.15) is 4.98 Å². The summed E-state index contributed by atoms with van der Waals surface area (Å²) >= 11 is 0. The SMILES string of the molecule is CCCCOP(=O)(O)OC[C@H]1O[C@@H](n2cnc3c(=O)[nH]c(N)nc32)[C@H](OC)[C@@H]1O.N. The number of nitrogens with zero attached hydrogens (tertiary/aromatic N) is 3. The lowest BCUT2D eigenvalue weighted by Crippen LogP contribution is -2.35. The van der Waals surface area contributed by atoms with Gasteiger partial charge in [0.2, 0.25) is 5.95 Å². The third-order valence-electron chi connectivity index (χ3n) is 4.46. The molecule has 0 aliphatic carbocycles. The first-order valence-corrected chi connectivity index (χ1v) is 10.5. The number of hydrogen-bond donors (Lipinski definition) is 5. The highest BCUT2D eigenvalue weighted by Gasteiger charge is 2.46. The van der Waals surface area contributed by atoms with Crippen LogP contribution < -0.4 is 17.4 Å². The number of nitrogens with two attached hydrogens (primary N) is 1. The molecule has 1 unspecified atom stereocenters. The number of nitrogens with one attached hydrogen (secondary N) is 1. The van der Waals surface area contributed by atoms with Gasteiger partial charge in [-0.15, -0.1) is 0 Å². The fraction of sp³-hybridized carbons (Fsp3) is 0.667. The number of phosphoric acid groups is 1. The van der Waals surface area contributed by atoms with Crippen molar-refractivity contribution in [2.45, 2.75) is 44.3 Å². The number of phosphoric ester groups is 1. The van der Waals surface area contributed by atoms with Crippen molar-refractivity contribution in [1.29, 1.82) is 0 Å². The lowest BCUT2D eigenvalue weighted by Gasteiger charge is -2.19. The molecule has 0 radical (unpaired) electrons. The van der Waals surface area contributed by atoms with Crippen molar-refractivity contribution in [1.82, 2.24) is 25.7 Å². The number of anilines is 1. The molecule has 2 aromatic heterocycles. The molecule has 170 valence electrons. The molecule has 1 aliphatic rings. The number of rotatable bonds is 9. The van der Waals surface area contributed by atoms with Gasteiger partial charge >= 0.3 is 7.82 Å². The number of methoxy groups -OCH3 is 1. The van der Waals surface area contributed by atoms with Crippen molar-refractivity contribution in [3.63, 3.8) is 0 Å². The Morgan fingerprint density at radius 2 is 2.17 bits per heavy atom. The van der Waals surface area contributed by atoms with Gasteiger partial charge in [-0.25, -0.2) is 9.55 Å². The number of imidazole rings is 1. The van der Waals surface area contributed by atoms with Crippen LogP contribution in [0.5, 0.6) is 0 Å². The third-order valence-corrected chi connectivity index (χ3v) is 5.45. The summed E-state index contributed by atoms with van der Waals surface area (Å²) < 4.78 is 34.2. The quantitative estimate of drug-likeness (QED) is 0.253. The number of hydrogen-bond acceptors (Lipinski definition) is 11. The van der Waals surface area contributed by atoms with Crippen LogP contribution in [0.2, 0.25) is 0 Å². The van der Waals surface area contributed by atoms with Gasteiger partial charge in [-0.3, -0.25) is 23.4 Å². The van der Waals surface area contributed by atoms with Gasteiger partial charge in [-0.1, -0.05) is 13.3 Å². The predicted molar refractivity (Wildman–Crippen MR) is 105 cm³/mol. The minimum absolute atomic E-state index is 0. The minimum Gasteiger partial charge on any atom is -0.387 e. The number of aliphatic hydroxyl groups excluding tert-OH is 1. The number of aromatic nitrogens is 4.